The molecule has 29 heavy (non-hydrogen) atoms. The second-order valence-electron chi connectivity index (χ2n) is 6.81. The zero-order chi connectivity index (χ0) is 19.8. The van der Waals surface area contributed by atoms with Gasteiger partial charge in [-0.1, -0.05) is 6.07 Å². The molecule has 7 heteroatoms. The maximum absolute atomic E-state index is 11.4. The first kappa shape index (κ1) is 17.4. The molecule has 144 valence electrons. The largest absolute Gasteiger partial charge is 0.513 e. The summed E-state index contributed by atoms with van der Waals surface area (Å²) in [7, 11) is 1.28. The number of pyridine rings is 2. The Kier molecular flexibility index (Phi) is 4.20. The third kappa shape index (κ3) is 3.00. The van der Waals surface area contributed by atoms with E-state index in [1.54, 1.807) is 24.5 Å². The molecular weight excluding hydrogens is 368 g/mol. The van der Waals surface area contributed by atoms with Crippen molar-refractivity contribution in [1.82, 2.24) is 19.7 Å². The van der Waals surface area contributed by atoms with Gasteiger partial charge in [0.15, 0.2) is 0 Å². The molecular formula is C22H18N4O3. The lowest BCUT2D eigenvalue weighted by molar-refractivity contribution is 0.121. The predicted molar refractivity (Wildman–Crippen MR) is 108 cm³/mol. The molecule has 0 atom stereocenters. The first-order valence-corrected chi connectivity index (χ1v) is 9.40. The minimum absolute atomic E-state index is 0.388. The van der Waals surface area contributed by atoms with Crippen LogP contribution < -0.4 is 4.74 Å². The lowest BCUT2D eigenvalue weighted by atomic mass is 9.96. The van der Waals surface area contributed by atoms with Crippen molar-refractivity contribution in [2.45, 2.75) is 19.4 Å². The topological polar surface area (TPSA) is 79.1 Å². The highest BCUT2D eigenvalue weighted by Gasteiger charge is 2.25. The summed E-state index contributed by atoms with van der Waals surface area (Å²) in [5.74, 6) is 0.388. The van der Waals surface area contributed by atoms with Crippen molar-refractivity contribution in [3.8, 4) is 28.3 Å². The van der Waals surface area contributed by atoms with Gasteiger partial charge in [0.1, 0.15) is 11.4 Å². The minimum Gasteiger partial charge on any atom is -0.437 e. The van der Waals surface area contributed by atoms with Crippen LogP contribution in [-0.4, -0.2) is 33.0 Å². The lowest BCUT2D eigenvalue weighted by Crippen LogP contribution is -2.07. The smallest absolute Gasteiger partial charge is 0.437 e. The van der Waals surface area contributed by atoms with E-state index in [4.69, 9.17) is 9.84 Å². The number of hydrogen-bond acceptors (Lipinski definition) is 6. The van der Waals surface area contributed by atoms with E-state index < -0.39 is 6.16 Å². The van der Waals surface area contributed by atoms with Crippen LogP contribution in [0.1, 0.15) is 12.1 Å². The van der Waals surface area contributed by atoms with Crippen LogP contribution in [0.4, 0.5) is 4.79 Å². The summed E-state index contributed by atoms with van der Waals surface area (Å²) in [4.78, 5) is 20.4. The van der Waals surface area contributed by atoms with Gasteiger partial charge >= 0.3 is 6.16 Å². The number of aromatic nitrogens is 4. The summed E-state index contributed by atoms with van der Waals surface area (Å²) in [5, 5.41) is 5.82. The van der Waals surface area contributed by atoms with Crippen molar-refractivity contribution >= 4 is 17.1 Å². The second-order valence-corrected chi connectivity index (χ2v) is 6.81. The monoisotopic (exact) mass is 386 g/mol. The van der Waals surface area contributed by atoms with E-state index in [-0.39, 0.29) is 0 Å². The Bertz CT molecular complexity index is 1220. The van der Waals surface area contributed by atoms with Crippen molar-refractivity contribution < 1.29 is 14.3 Å². The third-order valence-corrected chi connectivity index (χ3v) is 5.10. The Labute approximate surface area is 166 Å². The second kappa shape index (κ2) is 7.01. The first-order valence-electron chi connectivity index (χ1n) is 9.40. The Morgan fingerprint density at radius 2 is 2.03 bits per heavy atom. The zero-order valence-electron chi connectivity index (χ0n) is 15.8. The Morgan fingerprint density at radius 1 is 1.10 bits per heavy atom. The highest BCUT2D eigenvalue weighted by Crippen LogP contribution is 2.40. The zero-order valence-corrected chi connectivity index (χ0v) is 15.8. The molecule has 0 spiro atoms. The van der Waals surface area contributed by atoms with E-state index >= 15 is 0 Å². The lowest BCUT2D eigenvalue weighted by Gasteiger charge is -2.10. The fourth-order valence-corrected chi connectivity index (χ4v) is 3.84. The molecule has 0 unspecified atom stereocenters. The first-order chi connectivity index (χ1) is 14.2. The number of ether oxygens (including phenoxy) is 2. The molecule has 3 aromatic heterocycles. The number of hydrogen-bond donors (Lipinski definition) is 0. The van der Waals surface area contributed by atoms with Gasteiger partial charge in [-0.05, 0) is 48.7 Å². The van der Waals surface area contributed by atoms with E-state index in [0.29, 0.717) is 5.75 Å². The van der Waals surface area contributed by atoms with Crippen LogP contribution in [0, 0.1) is 0 Å². The number of nitrogens with zero attached hydrogens (tertiary/aromatic N) is 4. The fraction of sp³-hybridized carbons (Fsp3) is 0.182. The molecule has 0 bridgehead atoms. The van der Waals surface area contributed by atoms with Gasteiger partial charge in [0.25, 0.3) is 0 Å². The van der Waals surface area contributed by atoms with Crippen molar-refractivity contribution in [3.63, 3.8) is 0 Å². The van der Waals surface area contributed by atoms with Gasteiger partial charge in [0, 0.05) is 41.6 Å². The van der Waals surface area contributed by atoms with Crippen LogP contribution in [0.5, 0.6) is 5.75 Å². The van der Waals surface area contributed by atoms with Crippen LogP contribution in [0.15, 0.2) is 54.9 Å². The van der Waals surface area contributed by atoms with Gasteiger partial charge in [0.05, 0.1) is 18.3 Å². The molecule has 1 aromatic carbocycles. The SMILES string of the molecule is COC(=O)Oc1ccc2c(-c3c(-c4ccccn4)nn4c3CCC4)ccnc2c1. The number of carbonyl (C=O) groups is 1. The van der Waals surface area contributed by atoms with Gasteiger partial charge in [-0.3, -0.25) is 14.6 Å². The number of carbonyl (C=O) groups excluding carboxylic acids is 1. The van der Waals surface area contributed by atoms with Crippen molar-refractivity contribution in [1.29, 1.82) is 0 Å². The highest BCUT2D eigenvalue weighted by molar-refractivity contribution is 5.99. The number of benzene rings is 1. The normalized spacial score (nSPS) is 12.7. The van der Waals surface area contributed by atoms with E-state index in [9.17, 15) is 4.79 Å². The highest BCUT2D eigenvalue weighted by atomic mass is 16.7. The van der Waals surface area contributed by atoms with Crippen molar-refractivity contribution in [2.24, 2.45) is 0 Å². The van der Waals surface area contributed by atoms with Crippen molar-refractivity contribution in [3.05, 3.63) is 60.6 Å². The van der Waals surface area contributed by atoms with Gasteiger partial charge in [-0.15, -0.1) is 0 Å². The summed E-state index contributed by atoms with van der Waals surface area (Å²) in [6, 6.07) is 13.2. The number of rotatable bonds is 3. The molecule has 1 aliphatic heterocycles. The van der Waals surface area contributed by atoms with Gasteiger partial charge in [0.2, 0.25) is 0 Å². The summed E-state index contributed by atoms with van der Waals surface area (Å²) >= 11 is 0. The molecule has 0 aliphatic carbocycles. The molecule has 5 rings (SSSR count). The van der Waals surface area contributed by atoms with Crippen LogP contribution >= 0.6 is 0 Å². The summed E-state index contributed by atoms with van der Waals surface area (Å²) in [5.41, 5.74) is 5.81. The molecule has 0 fully saturated rings. The number of methoxy groups -OCH3 is 1. The molecule has 0 radical (unpaired) electrons. The molecule has 4 aromatic rings. The number of fused-ring (bicyclic) bond motifs is 2. The van der Waals surface area contributed by atoms with Crippen LogP contribution in [0.25, 0.3) is 33.4 Å². The standard InChI is InChI=1S/C22H18N4O3/c1-28-22(27)29-14-7-8-15-16(9-11-24-18(15)13-14)20-19-6-4-12-26(19)25-21(20)17-5-2-3-10-23-17/h2-3,5,7-11,13H,4,6,12H2,1H3. The Balaban J connectivity index is 1.69. The Hall–Kier alpha value is -3.74. The van der Waals surface area contributed by atoms with Crippen molar-refractivity contribution in [2.75, 3.05) is 7.11 Å². The van der Waals surface area contributed by atoms with Gasteiger partial charge < -0.3 is 9.47 Å². The average Bonchev–Trinajstić information content (AvgIpc) is 3.35. The van der Waals surface area contributed by atoms with E-state index in [1.165, 1.54) is 12.8 Å². The van der Waals surface area contributed by atoms with Crippen LogP contribution in [0.3, 0.4) is 0 Å². The van der Waals surface area contributed by atoms with E-state index in [2.05, 4.69) is 19.4 Å². The summed E-state index contributed by atoms with van der Waals surface area (Å²) in [6.45, 7) is 0.912. The van der Waals surface area contributed by atoms with E-state index in [0.717, 1.165) is 52.8 Å². The van der Waals surface area contributed by atoms with Gasteiger partial charge in [-0.25, -0.2) is 4.79 Å². The summed E-state index contributed by atoms with van der Waals surface area (Å²) < 4.78 is 11.8. The molecule has 0 N–H and O–H groups in total. The van der Waals surface area contributed by atoms with Gasteiger partial charge in [-0.2, -0.15) is 5.10 Å². The quantitative estimate of drug-likeness (QED) is 0.387. The third-order valence-electron chi connectivity index (χ3n) is 5.10. The van der Waals surface area contributed by atoms with Crippen LogP contribution in [-0.2, 0) is 17.7 Å². The Morgan fingerprint density at radius 3 is 2.86 bits per heavy atom. The van der Waals surface area contributed by atoms with E-state index in [1.807, 2.05) is 30.3 Å². The molecule has 1 aliphatic rings. The molecule has 0 saturated carbocycles. The molecule has 0 saturated heterocycles. The fourth-order valence-electron chi connectivity index (χ4n) is 3.84. The molecule has 4 heterocycles. The average molecular weight is 386 g/mol. The maximum atomic E-state index is 11.4. The van der Waals surface area contributed by atoms with Crippen LogP contribution in [0.2, 0.25) is 0 Å². The number of aryl methyl sites for hydroxylation is 1. The maximum Gasteiger partial charge on any atom is 0.513 e. The molecule has 7 nitrogen and oxygen atoms in total. The predicted octanol–water partition coefficient (Wildman–Crippen LogP) is 4.25. The molecule has 0 amide bonds. The minimum atomic E-state index is -0.757. The summed E-state index contributed by atoms with van der Waals surface area (Å²) in [6.07, 6.45) is 4.85.